The lowest BCUT2D eigenvalue weighted by Crippen LogP contribution is -2.74. The second-order valence-corrected chi connectivity index (χ2v) is 14.1. The Morgan fingerprint density at radius 2 is 0.897 bits per heavy atom. The summed E-state index contributed by atoms with van der Waals surface area (Å²) in [7, 11) is -2.59. The van der Waals surface area contributed by atoms with Gasteiger partial charge < -0.3 is 4.57 Å². The highest BCUT2D eigenvalue weighted by molar-refractivity contribution is 7.20. The summed E-state index contributed by atoms with van der Waals surface area (Å²) in [6, 6.07) is 58.3. The van der Waals surface area contributed by atoms with Crippen molar-refractivity contribution in [2.45, 2.75) is 6.92 Å². The molecule has 1 heterocycles. The Balaban J connectivity index is 1.59. The molecule has 6 aromatic carbocycles. The van der Waals surface area contributed by atoms with Gasteiger partial charge in [0.2, 0.25) is 0 Å². The SMILES string of the molecule is Cc1ccc(-n2c3ccccc3c3cc([Si](c4ccccc4)(c4ccccc4)c4ccccc4)ccc32)cc1. The normalized spacial score (nSPS) is 11.7. The summed E-state index contributed by atoms with van der Waals surface area (Å²) in [6.07, 6.45) is 0. The van der Waals surface area contributed by atoms with E-state index >= 15 is 0 Å². The predicted octanol–water partition coefficient (Wildman–Crippen LogP) is 6.47. The van der Waals surface area contributed by atoms with E-state index in [-0.39, 0.29) is 0 Å². The fourth-order valence-corrected chi connectivity index (χ4v) is 11.0. The molecule has 0 spiro atoms. The largest absolute Gasteiger partial charge is 0.309 e. The zero-order chi connectivity index (χ0) is 26.2. The highest BCUT2D eigenvalue weighted by Crippen LogP contribution is 2.32. The third kappa shape index (κ3) is 3.76. The van der Waals surface area contributed by atoms with E-state index < -0.39 is 8.07 Å². The molecule has 0 aliphatic heterocycles. The fraction of sp³-hybridized carbons (Fsp3) is 0.0270. The Labute approximate surface area is 230 Å². The first-order valence-corrected chi connectivity index (χ1v) is 15.5. The maximum atomic E-state index is 2.49. The van der Waals surface area contributed by atoms with Crippen molar-refractivity contribution in [3.63, 3.8) is 0 Å². The number of rotatable bonds is 5. The summed E-state index contributed by atoms with van der Waals surface area (Å²) >= 11 is 0. The van der Waals surface area contributed by atoms with Crippen LogP contribution in [0, 0.1) is 6.92 Å². The van der Waals surface area contributed by atoms with Crippen molar-refractivity contribution in [2.24, 2.45) is 0 Å². The number of hydrogen-bond donors (Lipinski definition) is 0. The molecule has 7 aromatic rings. The molecular formula is C37H29NSi. The summed E-state index contributed by atoms with van der Waals surface area (Å²) in [5.41, 5.74) is 4.93. The van der Waals surface area contributed by atoms with Gasteiger partial charge >= 0.3 is 0 Å². The Morgan fingerprint density at radius 3 is 1.46 bits per heavy atom. The van der Waals surface area contributed by atoms with Crippen LogP contribution in [-0.4, -0.2) is 12.6 Å². The van der Waals surface area contributed by atoms with E-state index in [4.69, 9.17) is 0 Å². The topological polar surface area (TPSA) is 4.93 Å². The van der Waals surface area contributed by atoms with Crippen LogP contribution in [0.25, 0.3) is 27.5 Å². The van der Waals surface area contributed by atoms with Gasteiger partial charge in [-0.2, -0.15) is 0 Å². The summed E-state index contributed by atoms with van der Waals surface area (Å²) in [4.78, 5) is 0. The maximum absolute atomic E-state index is 2.59. The first-order valence-electron chi connectivity index (χ1n) is 13.5. The molecule has 0 bridgehead atoms. The molecule has 0 N–H and O–H groups in total. The zero-order valence-corrected chi connectivity index (χ0v) is 23.0. The van der Waals surface area contributed by atoms with Crippen molar-refractivity contribution in [2.75, 3.05) is 0 Å². The van der Waals surface area contributed by atoms with Gasteiger partial charge in [0.15, 0.2) is 8.07 Å². The lowest BCUT2D eigenvalue weighted by Gasteiger charge is -2.34. The van der Waals surface area contributed by atoms with E-state index in [0.29, 0.717) is 0 Å². The average Bonchev–Trinajstić information content (AvgIpc) is 3.34. The van der Waals surface area contributed by atoms with Crippen LogP contribution in [0.4, 0.5) is 0 Å². The van der Waals surface area contributed by atoms with Crippen LogP contribution in [0.1, 0.15) is 5.56 Å². The van der Waals surface area contributed by atoms with Gasteiger partial charge in [-0.25, -0.2) is 0 Å². The molecule has 0 saturated heterocycles. The second-order valence-electron chi connectivity index (χ2n) is 10.3. The van der Waals surface area contributed by atoms with Crippen molar-refractivity contribution in [3.8, 4) is 5.69 Å². The minimum Gasteiger partial charge on any atom is -0.309 e. The summed E-state index contributed by atoms with van der Waals surface area (Å²) in [6.45, 7) is 2.14. The van der Waals surface area contributed by atoms with E-state index in [9.17, 15) is 0 Å². The number of fused-ring (bicyclic) bond motifs is 3. The van der Waals surface area contributed by atoms with Crippen molar-refractivity contribution in [1.29, 1.82) is 0 Å². The monoisotopic (exact) mass is 515 g/mol. The van der Waals surface area contributed by atoms with Crippen LogP contribution in [0.2, 0.25) is 0 Å². The third-order valence-electron chi connectivity index (χ3n) is 8.02. The lowest BCUT2D eigenvalue weighted by molar-refractivity contribution is 1.17. The minimum atomic E-state index is -2.59. The minimum absolute atomic E-state index is 1.19. The highest BCUT2D eigenvalue weighted by atomic mass is 28.3. The highest BCUT2D eigenvalue weighted by Gasteiger charge is 2.41. The van der Waals surface area contributed by atoms with Crippen molar-refractivity contribution >= 4 is 50.6 Å². The Bertz CT molecular complexity index is 1790. The molecule has 1 nitrogen and oxygen atoms in total. The third-order valence-corrected chi connectivity index (χ3v) is 12.8. The van der Waals surface area contributed by atoms with Crippen LogP contribution in [0.15, 0.2) is 158 Å². The van der Waals surface area contributed by atoms with Crippen LogP contribution < -0.4 is 20.7 Å². The van der Waals surface area contributed by atoms with Gasteiger partial charge in [-0.15, -0.1) is 0 Å². The maximum Gasteiger partial charge on any atom is 0.179 e. The van der Waals surface area contributed by atoms with E-state index in [1.165, 1.54) is 53.8 Å². The molecule has 2 heteroatoms. The first-order chi connectivity index (χ1) is 19.3. The Morgan fingerprint density at radius 1 is 0.410 bits per heavy atom. The van der Waals surface area contributed by atoms with Crippen LogP contribution in [0.3, 0.4) is 0 Å². The van der Waals surface area contributed by atoms with E-state index in [1.807, 2.05) is 0 Å². The van der Waals surface area contributed by atoms with Gasteiger partial charge in [-0.05, 0) is 51.9 Å². The smallest absolute Gasteiger partial charge is 0.179 e. The lowest BCUT2D eigenvalue weighted by atomic mass is 10.1. The van der Waals surface area contributed by atoms with Gasteiger partial charge in [-0.3, -0.25) is 0 Å². The average molecular weight is 516 g/mol. The Hall–Kier alpha value is -4.66. The molecule has 1 aromatic heterocycles. The number of aryl methyl sites for hydroxylation is 1. The van der Waals surface area contributed by atoms with E-state index in [1.54, 1.807) is 0 Å². The molecule has 0 amide bonds. The van der Waals surface area contributed by atoms with Crippen molar-refractivity contribution in [1.82, 2.24) is 4.57 Å². The summed E-state index contributed by atoms with van der Waals surface area (Å²) < 4.78 is 2.41. The van der Waals surface area contributed by atoms with Gasteiger partial charge in [0.05, 0.1) is 11.0 Å². The predicted molar refractivity (Wildman–Crippen MR) is 169 cm³/mol. The number of benzene rings is 6. The zero-order valence-electron chi connectivity index (χ0n) is 22.0. The molecule has 0 aliphatic carbocycles. The summed E-state index contributed by atoms with van der Waals surface area (Å²) in [5, 5.41) is 8.15. The van der Waals surface area contributed by atoms with Gasteiger partial charge in [0.25, 0.3) is 0 Å². The quantitative estimate of drug-likeness (QED) is 0.183. The molecule has 186 valence electrons. The molecular weight excluding hydrogens is 487 g/mol. The van der Waals surface area contributed by atoms with E-state index in [0.717, 1.165) is 0 Å². The standard InChI is InChI=1S/C37H29NSi/c1-28-21-23-29(24-22-28)38-36-20-12-11-19-34(36)35-27-33(25-26-37(35)38)39(30-13-5-2-6-14-30,31-15-7-3-8-16-31)32-17-9-4-10-18-32/h2-27H,1H3. The molecule has 0 aliphatic rings. The molecule has 0 atom stereocenters. The molecule has 0 radical (unpaired) electrons. The van der Waals surface area contributed by atoms with Crippen LogP contribution >= 0.6 is 0 Å². The Kier molecular flexibility index (Phi) is 5.76. The molecule has 0 fully saturated rings. The summed E-state index contributed by atoms with van der Waals surface area (Å²) in [5.74, 6) is 0. The van der Waals surface area contributed by atoms with Gasteiger partial charge in [0, 0.05) is 16.5 Å². The van der Waals surface area contributed by atoms with Crippen LogP contribution in [0.5, 0.6) is 0 Å². The molecule has 39 heavy (non-hydrogen) atoms. The second kappa shape index (κ2) is 9.58. The first kappa shape index (κ1) is 23.5. The van der Waals surface area contributed by atoms with Gasteiger partial charge in [0.1, 0.15) is 0 Å². The number of para-hydroxylation sites is 1. The number of nitrogens with zero attached hydrogens (tertiary/aromatic N) is 1. The molecule has 0 saturated carbocycles. The molecule has 0 unspecified atom stereocenters. The number of hydrogen-bond acceptors (Lipinski definition) is 0. The van der Waals surface area contributed by atoms with Crippen molar-refractivity contribution in [3.05, 3.63) is 163 Å². The van der Waals surface area contributed by atoms with Crippen molar-refractivity contribution < 1.29 is 0 Å². The van der Waals surface area contributed by atoms with Crippen LogP contribution in [-0.2, 0) is 0 Å². The van der Waals surface area contributed by atoms with Gasteiger partial charge in [-0.1, -0.05) is 139 Å². The fourth-order valence-electron chi connectivity index (χ4n) is 6.24. The molecule has 7 rings (SSSR count). The number of aromatic nitrogens is 1. The van der Waals surface area contributed by atoms with E-state index in [2.05, 4.69) is 169 Å².